The molecule has 2 aliphatic rings. The molecule has 118 valence electrons. The van der Waals surface area contributed by atoms with E-state index in [1.54, 1.807) is 0 Å². The topological polar surface area (TPSA) is 78.9 Å². The van der Waals surface area contributed by atoms with Crippen LogP contribution in [-0.4, -0.2) is 46.7 Å². The summed E-state index contributed by atoms with van der Waals surface area (Å²) in [5, 5.41) is 12.1. The van der Waals surface area contributed by atoms with Crippen molar-refractivity contribution in [3.05, 3.63) is 29.8 Å². The summed E-state index contributed by atoms with van der Waals surface area (Å²) in [6, 6.07) is 7.35. The van der Waals surface area contributed by atoms with E-state index in [2.05, 4.69) is 5.32 Å². The Bertz CT molecular complexity index is 596. The minimum atomic E-state index is -0.854. The van der Waals surface area contributed by atoms with Crippen LogP contribution in [0.2, 0.25) is 0 Å². The number of amides is 3. The van der Waals surface area contributed by atoms with Gasteiger partial charge in [-0.05, 0) is 25.0 Å². The summed E-state index contributed by atoms with van der Waals surface area (Å²) >= 11 is 0. The van der Waals surface area contributed by atoms with Crippen molar-refractivity contribution in [2.45, 2.75) is 37.8 Å². The molecule has 2 N–H and O–H groups in total. The minimum Gasteiger partial charge on any atom is -0.493 e. The summed E-state index contributed by atoms with van der Waals surface area (Å²) in [7, 11) is 0. The van der Waals surface area contributed by atoms with Gasteiger partial charge in [-0.1, -0.05) is 18.2 Å². The largest absolute Gasteiger partial charge is 0.493 e. The summed E-state index contributed by atoms with van der Waals surface area (Å²) in [5.41, 5.74) is 0.202. The standard InChI is InChI=1S/C16H20N2O4/c1-11-5-2-3-6-13(11)22-8-4-7-18-14(20)16(17-15(18)21)9-12(19)10-16/h2-3,5-6,12,19H,4,7-10H2,1H3,(H,17,21). The van der Waals surface area contributed by atoms with E-state index in [1.807, 2.05) is 31.2 Å². The summed E-state index contributed by atoms with van der Waals surface area (Å²) in [5.74, 6) is 0.594. The number of rotatable bonds is 5. The number of aryl methyl sites for hydroxylation is 1. The first kappa shape index (κ1) is 14.8. The number of imide groups is 1. The highest BCUT2D eigenvalue weighted by Crippen LogP contribution is 2.37. The first-order valence-corrected chi connectivity index (χ1v) is 7.52. The number of hydrogen-bond acceptors (Lipinski definition) is 4. The third-order valence-electron chi connectivity index (χ3n) is 4.29. The molecule has 1 saturated carbocycles. The lowest BCUT2D eigenvalue weighted by Crippen LogP contribution is -2.59. The second kappa shape index (κ2) is 5.61. The molecule has 1 spiro atoms. The number of aliphatic hydroxyl groups excluding tert-OH is 1. The number of carbonyl (C=O) groups is 2. The zero-order valence-corrected chi connectivity index (χ0v) is 12.5. The fourth-order valence-corrected chi connectivity index (χ4v) is 3.02. The number of nitrogens with zero attached hydrogens (tertiary/aromatic N) is 1. The number of benzene rings is 1. The lowest BCUT2D eigenvalue weighted by Gasteiger charge is -2.39. The smallest absolute Gasteiger partial charge is 0.325 e. The summed E-state index contributed by atoms with van der Waals surface area (Å²) in [6.07, 6.45) is 0.710. The average molecular weight is 304 g/mol. The SMILES string of the molecule is Cc1ccccc1OCCCN1C(=O)NC2(CC(O)C2)C1=O. The van der Waals surface area contributed by atoms with E-state index in [0.717, 1.165) is 11.3 Å². The maximum absolute atomic E-state index is 12.3. The Morgan fingerprint density at radius 1 is 1.36 bits per heavy atom. The lowest BCUT2D eigenvalue weighted by molar-refractivity contribution is -0.138. The van der Waals surface area contributed by atoms with Crippen molar-refractivity contribution < 1.29 is 19.4 Å². The van der Waals surface area contributed by atoms with Gasteiger partial charge in [0.25, 0.3) is 5.91 Å². The second-order valence-corrected chi connectivity index (χ2v) is 6.00. The summed E-state index contributed by atoms with van der Waals surface area (Å²) < 4.78 is 5.67. The Morgan fingerprint density at radius 3 is 2.77 bits per heavy atom. The third-order valence-corrected chi connectivity index (χ3v) is 4.29. The van der Waals surface area contributed by atoms with Crippen molar-refractivity contribution >= 4 is 11.9 Å². The Labute approximate surface area is 129 Å². The minimum absolute atomic E-state index is 0.223. The normalized spacial score (nSPS) is 27.0. The fourth-order valence-electron chi connectivity index (χ4n) is 3.02. The maximum atomic E-state index is 12.3. The molecule has 0 atom stereocenters. The second-order valence-electron chi connectivity index (χ2n) is 6.00. The van der Waals surface area contributed by atoms with E-state index in [-0.39, 0.29) is 11.9 Å². The number of ether oxygens (including phenoxy) is 1. The van der Waals surface area contributed by atoms with Gasteiger partial charge in [0.15, 0.2) is 0 Å². The van der Waals surface area contributed by atoms with Crippen molar-refractivity contribution in [1.82, 2.24) is 10.2 Å². The molecule has 2 fully saturated rings. The third kappa shape index (κ3) is 2.54. The van der Waals surface area contributed by atoms with Crippen molar-refractivity contribution in [3.8, 4) is 5.75 Å². The monoisotopic (exact) mass is 304 g/mol. The van der Waals surface area contributed by atoms with Crippen LogP contribution in [0.3, 0.4) is 0 Å². The van der Waals surface area contributed by atoms with Gasteiger partial charge in [0.2, 0.25) is 0 Å². The zero-order valence-electron chi connectivity index (χ0n) is 12.5. The van der Waals surface area contributed by atoms with Gasteiger partial charge < -0.3 is 15.2 Å². The molecule has 0 bridgehead atoms. The number of hydrogen-bond donors (Lipinski definition) is 2. The van der Waals surface area contributed by atoms with Crippen LogP contribution in [0.25, 0.3) is 0 Å². The summed E-state index contributed by atoms with van der Waals surface area (Å²) in [6.45, 7) is 2.74. The van der Waals surface area contributed by atoms with Crippen LogP contribution in [0.1, 0.15) is 24.8 Å². The predicted octanol–water partition coefficient (Wildman–Crippen LogP) is 1.21. The molecular weight excluding hydrogens is 284 g/mol. The molecule has 1 aliphatic carbocycles. The molecule has 6 nitrogen and oxygen atoms in total. The van der Waals surface area contributed by atoms with E-state index in [9.17, 15) is 14.7 Å². The average Bonchev–Trinajstić information content (AvgIpc) is 2.69. The van der Waals surface area contributed by atoms with Crippen molar-refractivity contribution in [3.63, 3.8) is 0 Å². The highest BCUT2D eigenvalue weighted by atomic mass is 16.5. The van der Waals surface area contributed by atoms with Crippen LogP contribution in [0.15, 0.2) is 24.3 Å². The van der Waals surface area contributed by atoms with Gasteiger partial charge in [-0.15, -0.1) is 0 Å². The summed E-state index contributed by atoms with van der Waals surface area (Å²) in [4.78, 5) is 25.4. The van der Waals surface area contributed by atoms with E-state index < -0.39 is 11.6 Å². The van der Waals surface area contributed by atoms with Gasteiger partial charge >= 0.3 is 6.03 Å². The molecule has 3 rings (SSSR count). The first-order chi connectivity index (χ1) is 10.5. The quantitative estimate of drug-likeness (QED) is 0.633. The number of urea groups is 1. The molecular formula is C16H20N2O4. The Morgan fingerprint density at radius 2 is 2.09 bits per heavy atom. The number of aliphatic hydroxyl groups is 1. The van der Waals surface area contributed by atoms with Crippen LogP contribution in [-0.2, 0) is 4.79 Å². The Kier molecular flexibility index (Phi) is 3.78. The van der Waals surface area contributed by atoms with Crippen LogP contribution in [0, 0.1) is 6.92 Å². The lowest BCUT2D eigenvalue weighted by atomic mass is 9.74. The molecule has 1 heterocycles. The highest BCUT2D eigenvalue weighted by molar-refractivity contribution is 6.07. The molecule has 22 heavy (non-hydrogen) atoms. The molecule has 0 radical (unpaired) electrons. The zero-order chi connectivity index (χ0) is 15.7. The van der Waals surface area contributed by atoms with Crippen molar-refractivity contribution in [2.75, 3.05) is 13.2 Å². The van der Waals surface area contributed by atoms with Gasteiger partial charge in [0, 0.05) is 19.4 Å². The molecule has 1 aromatic carbocycles. The molecule has 1 saturated heterocycles. The molecule has 1 aromatic rings. The maximum Gasteiger partial charge on any atom is 0.325 e. The highest BCUT2D eigenvalue weighted by Gasteiger charge is 2.58. The Hall–Kier alpha value is -2.08. The number of para-hydroxylation sites is 1. The van der Waals surface area contributed by atoms with Gasteiger partial charge in [0.05, 0.1) is 12.7 Å². The van der Waals surface area contributed by atoms with Crippen molar-refractivity contribution in [1.29, 1.82) is 0 Å². The molecule has 0 unspecified atom stereocenters. The van der Waals surface area contributed by atoms with Gasteiger partial charge in [-0.3, -0.25) is 9.69 Å². The van der Waals surface area contributed by atoms with Crippen LogP contribution >= 0.6 is 0 Å². The number of nitrogens with one attached hydrogen (secondary N) is 1. The molecule has 6 heteroatoms. The molecule has 1 aliphatic heterocycles. The van der Waals surface area contributed by atoms with E-state index in [1.165, 1.54) is 4.90 Å². The van der Waals surface area contributed by atoms with E-state index >= 15 is 0 Å². The van der Waals surface area contributed by atoms with E-state index in [0.29, 0.717) is 32.4 Å². The first-order valence-electron chi connectivity index (χ1n) is 7.52. The number of carbonyl (C=O) groups excluding carboxylic acids is 2. The van der Waals surface area contributed by atoms with Crippen LogP contribution < -0.4 is 10.1 Å². The van der Waals surface area contributed by atoms with Crippen LogP contribution in [0.5, 0.6) is 5.75 Å². The predicted molar refractivity (Wildman–Crippen MR) is 79.5 cm³/mol. The Balaban J connectivity index is 1.49. The fraction of sp³-hybridized carbons (Fsp3) is 0.500. The van der Waals surface area contributed by atoms with Crippen LogP contribution in [0.4, 0.5) is 4.79 Å². The van der Waals surface area contributed by atoms with Gasteiger partial charge in [-0.25, -0.2) is 4.79 Å². The van der Waals surface area contributed by atoms with Gasteiger partial charge in [-0.2, -0.15) is 0 Å². The van der Waals surface area contributed by atoms with E-state index in [4.69, 9.17) is 4.74 Å². The molecule has 3 amide bonds. The van der Waals surface area contributed by atoms with Crippen molar-refractivity contribution in [2.24, 2.45) is 0 Å². The molecule has 0 aromatic heterocycles. The van der Waals surface area contributed by atoms with Gasteiger partial charge in [0.1, 0.15) is 11.3 Å².